The molecule has 30 heavy (non-hydrogen) atoms. The van der Waals surface area contributed by atoms with Crippen molar-refractivity contribution in [1.82, 2.24) is 19.7 Å². The number of hydrogen-bond acceptors (Lipinski definition) is 7. The van der Waals surface area contributed by atoms with Gasteiger partial charge in [-0.15, -0.1) is 5.10 Å². The molecule has 158 valence electrons. The van der Waals surface area contributed by atoms with Gasteiger partial charge in [0.2, 0.25) is 11.8 Å². The van der Waals surface area contributed by atoms with Crippen molar-refractivity contribution in [2.45, 2.75) is 51.2 Å². The van der Waals surface area contributed by atoms with Crippen LogP contribution in [0.15, 0.2) is 38.6 Å². The molecule has 0 aliphatic heterocycles. The van der Waals surface area contributed by atoms with Crippen LogP contribution in [0.3, 0.4) is 0 Å². The highest BCUT2D eigenvalue weighted by Crippen LogP contribution is 2.38. The molecule has 1 aliphatic rings. The molecule has 3 atom stereocenters. The van der Waals surface area contributed by atoms with Crippen molar-refractivity contribution in [2.75, 3.05) is 11.1 Å². The molecule has 1 fully saturated rings. The second kappa shape index (κ2) is 8.59. The number of para-hydroxylation sites is 1. The van der Waals surface area contributed by atoms with Crippen LogP contribution in [0.4, 0.5) is 6.01 Å². The molecule has 1 aliphatic carbocycles. The molecule has 0 bridgehead atoms. The minimum atomic E-state index is -0.289. The Morgan fingerprint density at radius 2 is 2.07 bits per heavy atom. The molecule has 0 unspecified atom stereocenters. The zero-order chi connectivity index (χ0) is 21.3. The molecule has 0 radical (unpaired) electrons. The number of nitrogens with one attached hydrogen (secondary N) is 1. The van der Waals surface area contributed by atoms with Gasteiger partial charge in [-0.1, -0.05) is 55.7 Å². The van der Waals surface area contributed by atoms with E-state index in [2.05, 4.69) is 29.4 Å². The summed E-state index contributed by atoms with van der Waals surface area (Å²) in [6.07, 6.45) is 3.19. The summed E-state index contributed by atoms with van der Waals surface area (Å²) >= 11 is 1.26. The molecule has 1 N–H and O–H groups in total. The molecule has 1 aromatic carbocycles. The van der Waals surface area contributed by atoms with Gasteiger partial charge in [0.1, 0.15) is 0 Å². The predicted octanol–water partition coefficient (Wildman–Crippen LogP) is 3.82. The maximum atomic E-state index is 13.4. The number of carbonyl (C=O) groups is 1. The monoisotopic (exact) mass is 427 g/mol. The number of aromatic nitrogens is 4. The minimum Gasteiger partial charge on any atom is -0.408 e. The van der Waals surface area contributed by atoms with Crippen molar-refractivity contribution in [3.05, 3.63) is 40.5 Å². The van der Waals surface area contributed by atoms with Crippen LogP contribution in [0.25, 0.3) is 10.9 Å². The Kier molecular flexibility index (Phi) is 5.90. The highest BCUT2D eigenvalue weighted by atomic mass is 32.2. The van der Waals surface area contributed by atoms with Gasteiger partial charge >= 0.3 is 6.01 Å². The fourth-order valence-corrected chi connectivity index (χ4v) is 4.92. The fourth-order valence-electron chi connectivity index (χ4n) is 4.07. The third kappa shape index (κ3) is 4.12. The van der Waals surface area contributed by atoms with Crippen LogP contribution >= 0.6 is 11.8 Å². The van der Waals surface area contributed by atoms with Crippen LogP contribution in [0, 0.1) is 18.8 Å². The summed E-state index contributed by atoms with van der Waals surface area (Å²) in [5, 5.41) is 11.2. The van der Waals surface area contributed by atoms with Gasteiger partial charge in [0.05, 0.1) is 16.7 Å². The second-order valence-corrected chi connectivity index (χ2v) is 8.83. The number of anilines is 1. The molecule has 0 saturated heterocycles. The molecule has 8 nitrogen and oxygen atoms in total. The number of fused-ring (bicyclic) bond motifs is 1. The number of rotatable bonds is 5. The SMILES string of the molecule is Cc1nnc(NC(=O)CSc2nc3ccccc3c(=O)n2[C@@H]2CCC[C@@H](C)[C@@H]2C)o1. The van der Waals surface area contributed by atoms with Crippen LogP contribution in [-0.4, -0.2) is 31.4 Å². The molecular weight excluding hydrogens is 402 g/mol. The second-order valence-electron chi connectivity index (χ2n) is 7.88. The zero-order valence-electron chi connectivity index (χ0n) is 17.3. The first-order chi connectivity index (χ1) is 14.4. The Balaban J connectivity index is 1.65. The lowest BCUT2D eigenvalue weighted by Gasteiger charge is -2.36. The molecule has 3 aromatic rings. The van der Waals surface area contributed by atoms with Crippen molar-refractivity contribution < 1.29 is 9.21 Å². The van der Waals surface area contributed by atoms with E-state index in [0.29, 0.717) is 33.8 Å². The first-order valence-corrected chi connectivity index (χ1v) is 11.2. The van der Waals surface area contributed by atoms with E-state index in [1.54, 1.807) is 6.92 Å². The molecule has 2 heterocycles. The molecule has 0 spiro atoms. The molecule has 9 heteroatoms. The number of aryl methyl sites for hydroxylation is 1. The molecule has 4 rings (SSSR count). The Bertz CT molecular complexity index is 1130. The third-order valence-corrected chi connectivity index (χ3v) is 6.83. The topological polar surface area (TPSA) is 103 Å². The number of amides is 1. The smallest absolute Gasteiger partial charge is 0.322 e. The summed E-state index contributed by atoms with van der Waals surface area (Å²) in [5.41, 5.74) is 0.604. The van der Waals surface area contributed by atoms with Gasteiger partial charge in [0.25, 0.3) is 5.56 Å². The Hall–Kier alpha value is -2.68. The average Bonchev–Trinajstić information content (AvgIpc) is 3.13. The van der Waals surface area contributed by atoms with E-state index in [-0.39, 0.29) is 29.3 Å². The summed E-state index contributed by atoms with van der Waals surface area (Å²) in [4.78, 5) is 30.5. The van der Waals surface area contributed by atoms with E-state index < -0.39 is 0 Å². The first-order valence-electron chi connectivity index (χ1n) is 10.2. The van der Waals surface area contributed by atoms with E-state index in [4.69, 9.17) is 9.40 Å². The van der Waals surface area contributed by atoms with Crippen molar-refractivity contribution in [1.29, 1.82) is 0 Å². The predicted molar refractivity (Wildman–Crippen MR) is 116 cm³/mol. The van der Waals surface area contributed by atoms with Crippen LogP contribution in [0.2, 0.25) is 0 Å². The van der Waals surface area contributed by atoms with Gasteiger partial charge in [-0.25, -0.2) is 4.98 Å². The minimum absolute atomic E-state index is 0.0398. The normalized spacial score (nSPS) is 21.6. The van der Waals surface area contributed by atoms with Gasteiger partial charge in [-0.05, 0) is 30.4 Å². The Labute approximate surface area is 178 Å². The quantitative estimate of drug-likeness (QED) is 0.488. The lowest BCUT2D eigenvalue weighted by molar-refractivity contribution is -0.113. The average molecular weight is 428 g/mol. The largest absolute Gasteiger partial charge is 0.408 e. The summed E-state index contributed by atoms with van der Waals surface area (Å²) in [7, 11) is 0. The maximum absolute atomic E-state index is 13.4. The van der Waals surface area contributed by atoms with E-state index in [9.17, 15) is 9.59 Å². The molecular formula is C21H25N5O3S. The Morgan fingerprint density at radius 1 is 1.27 bits per heavy atom. The fraction of sp³-hybridized carbons (Fsp3) is 0.476. The highest BCUT2D eigenvalue weighted by Gasteiger charge is 2.31. The van der Waals surface area contributed by atoms with Crippen molar-refractivity contribution in [3.8, 4) is 0 Å². The van der Waals surface area contributed by atoms with Gasteiger partial charge in [-0.3, -0.25) is 19.5 Å². The Morgan fingerprint density at radius 3 is 2.83 bits per heavy atom. The van der Waals surface area contributed by atoms with Gasteiger partial charge in [0.15, 0.2) is 5.16 Å². The van der Waals surface area contributed by atoms with Crippen molar-refractivity contribution in [2.24, 2.45) is 11.8 Å². The maximum Gasteiger partial charge on any atom is 0.322 e. The van der Waals surface area contributed by atoms with Crippen molar-refractivity contribution in [3.63, 3.8) is 0 Å². The zero-order valence-corrected chi connectivity index (χ0v) is 18.1. The van der Waals surface area contributed by atoms with E-state index >= 15 is 0 Å². The number of benzene rings is 1. The number of carbonyl (C=O) groups excluding carboxylic acids is 1. The van der Waals surface area contributed by atoms with E-state index in [1.165, 1.54) is 18.2 Å². The van der Waals surface area contributed by atoms with Gasteiger partial charge in [-0.2, -0.15) is 0 Å². The van der Waals surface area contributed by atoms with Crippen LogP contribution in [-0.2, 0) is 4.79 Å². The lowest BCUT2D eigenvalue weighted by Crippen LogP contribution is -2.35. The van der Waals surface area contributed by atoms with Gasteiger partial charge in [0, 0.05) is 13.0 Å². The molecule has 2 aromatic heterocycles. The number of thioether (sulfide) groups is 1. The standard InChI is InChI=1S/C21H25N5O3S/c1-12-7-6-10-17(13(12)2)26-19(28)15-8-4-5-9-16(15)22-21(26)30-11-18(27)23-20-25-24-14(3)29-20/h4-5,8-9,12-13,17H,6-7,10-11H2,1-3H3,(H,23,25,27)/t12-,13+,17-/m1/s1. The summed E-state index contributed by atoms with van der Waals surface area (Å²) < 4.78 is 7.01. The summed E-state index contributed by atoms with van der Waals surface area (Å²) in [6.45, 7) is 6.10. The van der Waals surface area contributed by atoms with Crippen LogP contribution in [0.5, 0.6) is 0 Å². The van der Waals surface area contributed by atoms with E-state index in [1.807, 2.05) is 28.8 Å². The highest BCUT2D eigenvalue weighted by molar-refractivity contribution is 7.99. The van der Waals surface area contributed by atoms with Gasteiger partial charge < -0.3 is 4.42 Å². The summed E-state index contributed by atoms with van der Waals surface area (Å²) in [6, 6.07) is 7.51. The number of hydrogen-bond donors (Lipinski definition) is 1. The molecule has 1 amide bonds. The first kappa shape index (κ1) is 20.6. The van der Waals surface area contributed by atoms with Crippen LogP contribution in [0.1, 0.15) is 45.0 Å². The molecule has 1 saturated carbocycles. The van der Waals surface area contributed by atoms with E-state index in [0.717, 1.165) is 12.8 Å². The summed E-state index contributed by atoms with van der Waals surface area (Å²) in [5.74, 6) is 1.06. The lowest BCUT2D eigenvalue weighted by atomic mass is 9.78. The number of nitrogens with zero attached hydrogens (tertiary/aromatic N) is 4. The van der Waals surface area contributed by atoms with Crippen LogP contribution < -0.4 is 10.9 Å². The van der Waals surface area contributed by atoms with Crippen molar-refractivity contribution >= 4 is 34.6 Å². The third-order valence-electron chi connectivity index (χ3n) is 5.88.